The number of rotatable bonds is 13. The number of carbonyl (C=O) groups is 4. The van der Waals surface area contributed by atoms with Crippen LogP contribution in [0.2, 0.25) is 0 Å². The normalized spacial score (nSPS) is 11.6. The third kappa shape index (κ3) is 8.96. The molecule has 7 heteroatoms. The predicted octanol–water partition coefficient (Wildman–Crippen LogP) is 2.97. The number of hydrogen-bond acceptors (Lipinski definition) is 5. The van der Waals surface area contributed by atoms with Gasteiger partial charge in [0, 0.05) is 12.8 Å². The molecule has 1 unspecified atom stereocenters. The third-order valence-electron chi connectivity index (χ3n) is 3.43. The molecular weight excluding hydrogens is 338 g/mol. The summed E-state index contributed by atoms with van der Waals surface area (Å²) in [6, 6.07) is -1.60. The zero-order valence-corrected chi connectivity index (χ0v) is 15.2. The largest absolute Gasteiger partial charge is 0.480 e. The molecular formula is C19H27NO6. The Balaban J connectivity index is 5.36. The molecule has 26 heavy (non-hydrogen) atoms. The van der Waals surface area contributed by atoms with Crippen molar-refractivity contribution in [3.8, 4) is 0 Å². The number of hydrogen-bond donors (Lipinski definition) is 1. The average Bonchev–Trinajstić information content (AvgIpc) is 2.59. The monoisotopic (exact) mass is 365 g/mol. The molecule has 0 saturated heterocycles. The summed E-state index contributed by atoms with van der Waals surface area (Å²) < 4.78 is 4.72. The Bertz CT molecular complexity index is 526. The van der Waals surface area contributed by atoms with E-state index >= 15 is 0 Å². The van der Waals surface area contributed by atoms with Crippen molar-refractivity contribution in [1.82, 2.24) is 4.90 Å². The van der Waals surface area contributed by atoms with Crippen LogP contribution in [0.5, 0.6) is 0 Å². The number of allylic oxidation sites excluding steroid dienone is 3. The number of nitrogens with zero attached hydrogens (tertiary/aromatic N) is 1. The van der Waals surface area contributed by atoms with Gasteiger partial charge in [-0.2, -0.15) is 0 Å². The summed E-state index contributed by atoms with van der Waals surface area (Å²) in [5, 5.41) is 9.45. The molecule has 0 fully saturated rings. The van der Waals surface area contributed by atoms with E-state index in [2.05, 4.69) is 13.2 Å². The predicted molar refractivity (Wildman–Crippen MR) is 96.9 cm³/mol. The van der Waals surface area contributed by atoms with Crippen LogP contribution in [0.1, 0.15) is 51.9 Å². The maximum Gasteiger partial charge on any atom is 0.327 e. The van der Waals surface area contributed by atoms with Crippen LogP contribution in [0.25, 0.3) is 0 Å². The van der Waals surface area contributed by atoms with Crippen LogP contribution in [0.15, 0.2) is 37.6 Å². The molecule has 0 aromatic carbocycles. The molecule has 0 aromatic heterocycles. The second-order valence-electron chi connectivity index (χ2n) is 5.54. The number of ether oxygens (including phenoxy) is 1. The molecule has 0 bridgehead atoms. The molecule has 0 radical (unpaired) electrons. The van der Waals surface area contributed by atoms with Crippen molar-refractivity contribution in [2.24, 2.45) is 0 Å². The summed E-state index contributed by atoms with van der Waals surface area (Å²) in [5.74, 6) is -3.52. The van der Waals surface area contributed by atoms with Gasteiger partial charge >= 0.3 is 11.9 Å². The van der Waals surface area contributed by atoms with Crippen molar-refractivity contribution in [3.63, 3.8) is 0 Å². The van der Waals surface area contributed by atoms with Gasteiger partial charge in [-0.25, -0.2) is 4.79 Å². The quantitative estimate of drug-likeness (QED) is 0.233. The standard InChI is InChI=1S/C19H27NO6/c1-4-7-9-11-16(21)20(17(22)12-10-8-5-2)15(19(24)25)14-18(23)26-13-6-3/h4-6,13,15H,1-2,7-12,14H2,3H3,(H,24,25)/b13-6+. The Morgan fingerprint density at radius 2 is 1.54 bits per heavy atom. The highest BCUT2D eigenvalue weighted by atomic mass is 16.5. The maximum absolute atomic E-state index is 12.5. The Kier molecular flexibility index (Phi) is 12.2. The zero-order chi connectivity index (χ0) is 19.9. The van der Waals surface area contributed by atoms with Crippen LogP contribution in [-0.4, -0.2) is 39.8 Å². The number of aliphatic carboxylic acids is 1. The van der Waals surface area contributed by atoms with Gasteiger partial charge in [0.15, 0.2) is 0 Å². The Hall–Kier alpha value is -2.70. The van der Waals surface area contributed by atoms with E-state index in [1.54, 1.807) is 19.1 Å². The Morgan fingerprint density at radius 3 is 1.92 bits per heavy atom. The van der Waals surface area contributed by atoms with Crippen molar-refractivity contribution >= 4 is 23.8 Å². The van der Waals surface area contributed by atoms with Gasteiger partial charge in [0.05, 0.1) is 12.7 Å². The molecule has 1 atom stereocenters. The molecule has 0 rings (SSSR count). The number of amides is 2. The number of esters is 1. The van der Waals surface area contributed by atoms with E-state index in [0.29, 0.717) is 30.6 Å². The van der Waals surface area contributed by atoms with Crippen molar-refractivity contribution in [3.05, 3.63) is 37.6 Å². The van der Waals surface area contributed by atoms with Crippen LogP contribution in [0.3, 0.4) is 0 Å². The fourth-order valence-electron chi connectivity index (χ4n) is 2.16. The van der Waals surface area contributed by atoms with Crippen LogP contribution in [-0.2, 0) is 23.9 Å². The third-order valence-corrected chi connectivity index (χ3v) is 3.43. The molecule has 144 valence electrons. The van der Waals surface area contributed by atoms with Crippen molar-refractivity contribution in [1.29, 1.82) is 0 Å². The molecule has 7 nitrogen and oxygen atoms in total. The first-order valence-corrected chi connectivity index (χ1v) is 8.49. The van der Waals surface area contributed by atoms with Gasteiger partial charge < -0.3 is 9.84 Å². The molecule has 0 aromatic rings. The Morgan fingerprint density at radius 1 is 1.04 bits per heavy atom. The van der Waals surface area contributed by atoms with E-state index in [1.165, 1.54) is 6.08 Å². The molecule has 1 N–H and O–H groups in total. The lowest BCUT2D eigenvalue weighted by molar-refractivity contribution is -0.160. The second-order valence-corrected chi connectivity index (χ2v) is 5.54. The zero-order valence-electron chi connectivity index (χ0n) is 15.2. The SMILES string of the molecule is C=CCCCC(=O)N(C(=O)CCCC=C)C(CC(=O)O/C=C/C)C(=O)O. The topological polar surface area (TPSA) is 101 Å². The van der Waals surface area contributed by atoms with Crippen molar-refractivity contribution in [2.45, 2.75) is 57.9 Å². The molecule has 0 saturated carbocycles. The van der Waals surface area contributed by atoms with Gasteiger partial charge in [0.2, 0.25) is 11.8 Å². The second kappa shape index (κ2) is 13.6. The van der Waals surface area contributed by atoms with Crippen LogP contribution in [0, 0.1) is 0 Å². The summed E-state index contributed by atoms with van der Waals surface area (Å²) in [6.45, 7) is 8.74. The summed E-state index contributed by atoms with van der Waals surface area (Å²) in [6.07, 6.45) is 7.22. The molecule has 0 aliphatic heterocycles. The minimum Gasteiger partial charge on any atom is -0.480 e. The van der Waals surface area contributed by atoms with E-state index in [9.17, 15) is 24.3 Å². The van der Waals surface area contributed by atoms with Crippen LogP contribution >= 0.6 is 0 Å². The molecule has 2 amide bonds. The smallest absolute Gasteiger partial charge is 0.327 e. The van der Waals surface area contributed by atoms with E-state index in [-0.39, 0.29) is 12.8 Å². The minimum atomic E-state index is -1.60. The van der Waals surface area contributed by atoms with Gasteiger partial charge in [-0.05, 0) is 32.6 Å². The highest BCUT2D eigenvalue weighted by molar-refractivity contribution is 6.00. The van der Waals surface area contributed by atoms with E-state index in [4.69, 9.17) is 4.74 Å². The molecule has 0 heterocycles. The number of carboxylic acid groups (broad SMARTS) is 1. The summed E-state index contributed by atoms with van der Waals surface area (Å²) in [7, 11) is 0. The van der Waals surface area contributed by atoms with Crippen LogP contribution < -0.4 is 0 Å². The number of carboxylic acids is 1. The number of imide groups is 1. The molecule has 0 aliphatic carbocycles. The number of unbranched alkanes of at least 4 members (excludes halogenated alkanes) is 2. The van der Waals surface area contributed by atoms with Crippen molar-refractivity contribution < 1.29 is 29.0 Å². The first-order chi connectivity index (χ1) is 12.4. The number of carbonyl (C=O) groups excluding carboxylic acids is 3. The van der Waals surface area contributed by atoms with Gasteiger partial charge in [0.25, 0.3) is 0 Å². The molecule has 0 aliphatic rings. The average molecular weight is 365 g/mol. The summed E-state index contributed by atoms with van der Waals surface area (Å²) in [4.78, 5) is 49.0. The van der Waals surface area contributed by atoms with E-state index < -0.39 is 36.2 Å². The van der Waals surface area contributed by atoms with Gasteiger partial charge in [-0.15, -0.1) is 13.2 Å². The lowest BCUT2D eigenvalue weighted by Gasteiger charge is -2.26. The lowest BCUT2D eigenvalue weighted by atomic mass is 10.1. The maximum atomic E-state index is 12.5. The highest BCUT2D eigenvalue weighted by Crippen LogP contribution is 2.14. The van der Waals surface area contributed by atoms with E-state index in [0.717, 1.165) is 6.26 Å². The van der Waals surface area contributed by atoms with Gasteiger partial charge in [-0.3, -0.25) is 19.3 Å². The fraction of sp³-hybridized carbons (Fsp3) is 0.474. The van der Waals surface area contributed by atoms with E-state index in [1.807, 2.05) is 0 Å². The first kappa shape index (κ1) is 23.3. The van der Waals surface area contributed by atoms with Crippen LogP contribution in [0.4, 0.5) is 0 Å². The minimum absolute atomic E-state index is 0.00703. The summed E-state index contributed by atoms with van der Waals surface area (Å²) >= 11 is 0. The molecule has 0 spiro atoms. The first-order valence-electron chi connectivity index (χ1n) is 8.49. The fourth-order valence-corrected chi connectivity index (χ4v) is 2.16. The Labute approximate surface area is 154 Å². The van der Waals surface area contributed by atoms with Gasteiger partial charge in [0.1, 0.15) is 6.04 Å². The lowest BCUT2D eigenvalue weighted by Crippen LogP contribution is -2.49. The summed E-state index contributed by atoms with van der Waals surface area (Å²) in [5.41, 5.74) is 0. The highest BCUT2D eigenvalue weighted by Gasteiger charge is 2.36. The van der Waals surface area contributed by atoms with Gasteiger partial charge in [-0.1, -0.05) is 18.2 Å². The van der Waals surface area contributed by atoms with Crippen molar-refractivity contribution in [2.75, 3.05) is 0 Å².